The van der Waals surface area contributed by atoms with E-state index in [0.717, 1.165) is 30.0 Å². The highest BCUT2D eigenvalue weighted by Crippen LogP contribution is 2.20. The maximum absolute atomic E-state index is 13.4. The zero-order valence-electron chi connectivity index (χ0n) is 19.3. The fourth-order valence-electron chi connectivity index (χ4n) is 4.09. The third kappa shape index (κ3) is 6.20. The Morgan fingerprint density at radius 3 is 2.30 bits per heavy atom. The number of ether oxygens (including phenoxy) is 1. The van der Waals surface area contributed by atoms with Crippen molar-refractivity contribution in [3.8, 4) is 5.75 Å². The standard InChI is InChI=1S/C28H31FN2O2/c1-21(2)24-9-11-27(12-10-24)33-20-23-6-3-7-25(17-23)28(32)31-15-13-30(14-16-31)19-22-5-4-8-26(29)18-22/h3-12,17-18,21H,13-16,19-20H2,1-2H3. The smallest absolute Gasteiger partial charge is 0.253 e. The Balaban J connectivity index is 1.30. The number of carbonyl (C=O) groups excluding carboxylic acids is 1. The van der Waals surface area contributed by atoms with Gasteiger partial charge in [0, 0.05) is 38.3 Å². The van der Waals surface area contributed by atoms with E-state index in [2.05, 4.69) is 30.9 Å². The molecule has 0 aromatic heterocycles. The molecule has 0 saturated carbocycles. The first-order valence-electron chi connectivity index (χ1n) is 11.6. The number of amides is 1. The summed E-state index contributed by atoms with van der Waals surface area (Å²) in [5.74, 6) is 1.15. The van der Waals surface area contributed by atoms with Crippen molar-refractivity contribution in [2.75, 3.05) is 26.2 Å². The lowest BCUT2D eigenvalue weighted by Crippen LogP contribution is -2.48. The molecule has 5 heteroatoms. The molecular weight excluding hydrogens is 415 g/mol. The van der Waals surface area contributed by atoms with Gasteiger partial charge < -0.3 is 9.64 Å². The second-order valence-corrected chi connectivity index (χ2v) is 8.91. The Kier molecular flexibility index (Phi) is 7.40. The van der Waals surface area contributed by atoms with E-state index in [0.29, 0.717) is 37.7 Å². The van der Waals surface area contributed by atoms with Crippen LogP contribution in [0.2, 0.25) is 0 Å². The molecule has 0 atom stereocenters. The van der Waals surface area contributed by atoms with Crippen LogP contribution in [0, 0.1) is 5.82 Å². The second-order valence-electron chi connectivity index (χ2n) is 8.91. The molecule has 3 aromatic carbocycles. The maximum Gasteiger partial charge on any atom is 0.253 e. The first-order valence-corrected chi connectivity index (χ1v) is 11.6. The summed E-state index contributed by atoms with van der Waals surface area (Å²) in [6.07, 6.45) is 0. The third-order valence-corrected chi connectivity index (χ3v) is 6.08. The number of hydrogen-bond donors (Lipinski definition) is 0. The van der Waals surface area contributed by atoms with Crippen molar-refractivity contribution in [2.45, 2.75) is 32.9 Å². The lowest BCUT2D eigenvalue weighted by atomic mass is 10.0. The predicted molar refractivity (Wildman–Crippen MR) is 129 cm³/mol. The van der Waals surface area contributed by atoms with Crippen LogP contribution in [0.4, 0.5) is 4.39 Å². The Bertz CT molecular complexity index is 1070. The summed E-state index contributed by atoms with van der Waals surface area (Å²) in [6.45, 7) is 8.34. The zero-order valence-corrected chi connectivity index (χ0v) is 19.3. The van der Waals surface area contributed by atoms with Gasteiger partial charge >= 0.3 is 0 Å². The lowest BCUT2D eigenvalue weighted by Gasteiger charge is -2.34. The molecular formula is C28H31FN2O2. The van der Waals surface area contributed by atoms with Gasteiger partial charge in [0.25, 0.3) is 5.91 Å². The van der Waals surface area contributed by atoms with Crippen LogP contribution in [0.25, 0.3) is 0 Å². The Labute approximate surface area is 195 Å². The Morgan fingerprint density at radius 2 is 1.61 bits per heavy atom. The van der Waals surface area contributed by atoms with Gasteiger partial charge in [-0.3, -0.25) is 9.69 Å². The summed E-state index contributed by atoms with van der Waals surface area (Å²) in [7, 11) is 0. The van der Waals surface area contributed by atoms with Crippen molar-refractivity contribution in [2.24, 2.45) is 0 Å². The van der Waals surface area contributed by atoms with Gasteiger partial charge in [0.1, 0.15) is 18.2 Å². The fraction of sp³-hybridized carbons (Fsp3) is 0.321. The quantitative estimate of drug-likeness (QED) is 0.481. The summed E-state index contributed by atoms with van der Waals surface area (Å²) in [5.41, 5.74) is 3.90. The molecule has 3 aromatic rings. The number of carbonyl (C=O) groups is 1. The van der Waals surface area contributed by atoms with Crippen molar-refractivity contribution in [1.82, 2.24) is 9.80 Å². The van der Waals surface area contributed by atoms with Gasteiger partial charge in [-0.25, -0.2) is 4.39 Å². The Morgan fingerprint density at radius 1 is 0.909 bits per heavy atom. The van der Waals surface area contributed by atoms with Crippen LogP contribution in [-0.4, -0.2) is 41.9 Å². The molecule has 1 aliphatic heterocycles. The van der Waals surface area contributed by atoms with Gasteiger partial charge in [-0.1, -0.05) is 50.2 Å². The minimum absolute atomic E-state index is 0.0449. The van der Waals surface area contributed by atoms with Crippen LogP contribution in [0.1, 0.15) is 46.8 Å². The molecule has 33 heavy (non-hydrogen) atoms. The number of benzene rings is 3. The fourth-order valence-corrected chi connectivity index (χ4v) is 4.09. The Hall–Kier alpha value is -3.18. The predicted octanol–water partition coefficient (Wildman–Crippen LogP) is 5.49. The number of rotatable bonds is 7. The minimum atomic E-state index is -0.210. The molecule has 1 saturated heterocycles. The molecule has 1 aliphatic rings. The molecule has 0 spiro atoms. The molecule has 4 nitrogen and oxygen atoms in total. The highest BCUT2D eigenvalue weighted by Gasteiger charge is 2.22. The second kappa shape index (κ2) is 10.6. The molecule has 0 N–H and O–H groups in total. The lowest BCUT2D eigenvalue weighted by molar-refractivity contribution is 0.0628. The van der Waals surface area contributed by atoms with E-state index >= 15 is 0 Å². The number of nitrogens with zero attached hydrogens (tertiary/aromatic N) is 2. The van der Waals surface area contributed by atoms with Crippen molar-refractivity contribution in [1.29, 1.82) is 0 Å². The monoisotopic (exact) mass is 446 g/mol. The van der Waals surface area contributed by atoms with E-state index in [4.69, 9.17) is 4.74 Å². The molecule has 4 rings (SSSR count). The van der Waals surface area contributed by atoms with Crippen molar-refractivity contribution in [3.63, 3.8) is 0 Å². The first kappa shape index (κ1) is 23.0. The number of hydrogen-bond acceptors (Lipinski definition) is 3. The number of piperazine rings is 1. The van der Waals surface area contributed by atoms with Crippen LogP contribution >= 0.6 is 0 Å². The molecule has 0 aliphatic carbocycles. The molecule has 1 amide bonds. The largest absolute Gasteiger partial charge is 0.489 e. The molecule has 172 valence electrons. The van der Waals surface area contributed by atoms with Crippen molar-refractivity contribution >= 4 is 5.91 Å². The zero-order chi connectivity index (χ0) is 23.2. The third-order valence-electron chi connectivity index (χ3n) is 6.08. The summed E-state index contributed by atoms with van der Waals surface area (Å²) < 4.78 is 19.4. The van der Waals surface area contributed by atoms with Gasteiger partial charge in [0.05, 0.1) is 0 Å². The average Bonchev–Trinajstić information content (AvgIpc) is 2.83. The molecule has 1 heterocycles. The molecule has 1 fully saturated rings. The highest BCUT2D eigenvalue weighted by atomic mass is 19.1. The summed E-state index contributed by atoms with van der Waals surface area (Å²) in [4.78, 5) is 17.2. The maximum atomic E-state index is 13.4. The van der Waals surface area contributed by atoms with Crippen molar-refractivity contribution < 1.29 is 13.9 Å². The SMILES string of the molecule is CC(C)c1ccc(OCc2cccc(C(=O)N3CCN(Cc4cccc(F)c4)CC3)c2)cc1. The highest BCUT2D eigenvalue weighted by molar-refractivity contribution is 5.94. The van der Waals surface area contributed by atoms with E-state index in [1.54, 1.807) is 12.1 Å². The molecule has 0 unspecified atom stereocenters. The van der Waals surface area contributed by atoms with Gasteiger partial charge in [-0.15, -0.1) is 0 Å². The van der Waals surface area contributed by atoms with E-state index in [1.165, 1.54) is 11.6 Å². The van der Waals surface area contributed by atoms with Crippen LogP contribution in [0.3, 0.4) is 0 Å². The minimum Gasteiger partial charge on any atom is -0.489 e. The van der Waals surface area contributed by atoms with E-state index in [9.17, 15) is 9.18 Å². The van der Waals surface area contributed by atoms with Gasteiger partial charge in [0.15, 0.2) is 0 Å². The molecule has 0 bridgehead atoms. The summed E-state index contributed by atoms with van der Waals surface area (Å²) in [6, 6.07) is 22.6. The van der Waals surface area contributed by atoms with Crippen LogP contribution in [0.15, 0.2) is 72.8 Å². The topological polar surface area (TPSA) is 32.8 Å². The van der Waals surface area contributed by atoms with Crippen LogP contribution < -0.4 is 4.74 Å². The number of halogens is 1. The summed E-state index contributed by atoms with van der Waals surface area (Å²) in [5, 5.41) is 0. The summed E-state index contributed by atoms with van der Waals surface area (Å²) >= 11 is 0. The van der Waals surface area contributed by atoms with E-state index in [1.807, 2.05) is 47.4 Å². The van der Waals surface area contributed by atoms with Crippen LogP contribution in [0.5, 0.6) is 5.75 Å². The van der Waals surface area contributed by atoms with Crippen LogP contribution in [-0.2, 0) is 13.2 Å². The van der Waals surface area contributed by atoms with Gasteiger partial charge in [0.2, 0.25) is 0 Å². The molecule has 0 radical (unpaired) electrons. The normalized spacial score (nSPS) is 14.5. The first-order chi connectivity index (χ1) is 16.0. The average molecular weight is 447 g/mol. The van der Waals surface area contributed by atoms with Gasteiger partial charge in [-0.2, -0.15) is 0 Å². The van der Waals surface area contributed by atoms with E-state index in [-0.39, 0.29) is 11.7 Å². The van der Waals surface area contributed by atoms with Gasteiger partial charge in [-0.05, 0) is 59.0 Å². The van der Waals surface area contributed by atoms with Crippen molar-refractivity contribution in [3.05, 3.63) is 101 Å². The van der Waals surface area contributed by atoms with E-state index < -0.39 is 0 Å².